The molecular weight excluding hydrogens is 308 g/mol. The molecule has 4 nitrogen and oxygen atoms in total. The Hall–Kier alpha value is -2.53. The highest BCUT2D eigenvalue weighted by atomic mass is 32.1. The van der Waals surface area contributed by atoms with E-state index < -0.39 is 0 Å². The van der Waals surface area contributed by atoms with Crippen LogP contribution in [0.1, 0.15) is 21.0 Å². The molecule has 0 spiro atoms. The molecule has 0 fully saturated rings. The van der Waals surface area contributed by atoms with Crippen LogP contribution in [0.15, 0.2) is 64.6 Å². The van der Waals surface area contributed by atoms with Crippen LogP contribution in [0.3, 0.4) is 0 Å². The maximum Gasteiger partial charge on any atom is 0.263 e. The molecule has 3 aromatic rings. The molecule has 2 aromatic heterocycles. The number of carbonyl (C=O) groups is 1. The van der Waals surface area contributed by atoms with E-state index in [0.717, 1.165) is 21.9 Å². The molecule has 0 aliphatic heterocycles. The molecule has 3 rings (SSSR count). The van der Waals surface area contributed by atoms with Crippen molar-refractivity contribution in [2.75, 3.05) is 12.4 Å². The van der Waals surface area contributed by atoms with E-state index in [-0.39, 0.29) is 5.91 Å². The van der Waals surface area contributed by atoms with Crippen molar-refractivity contribution in [3.63, 3.8) is 0 Å². The third-order valence-corrected chi connectivity index (χ3v) is 4.39. The topological polar surface area (TPSA) is 45.5 Å². The number of hydrogen-bond donors (Lipinski definition) is 1. The van der Waals surface area contributed by atoms with Crippen LogP contribution in [-0.2, 0) is 13.1 Å². The smallest absolute Gasteiger partial charge is 0.263 e. The fourth-order valence-electron chi connectivity index (χ4n) is 2.34. The molecule has 0 aliphatic carbocycles. The molecule has 1 N–H and O–H groups in total. The second-order valence-corrected chi connectivity index (χ2v) is 6.18. The molecule has 1 amide bonds. The number of anilines is 1. The molecule has 5 heteroatoms. The maximum absolute atomic E-state index is 12.4. The van der Waals surface area contributed by atoms with Crippen molar-refractivity contribution in [2.24, 2.45) is 0 Å². The summed E-state index contributed by atoms with van der Waals surface area (Å²) in [6.07, 6.45) is 1.66. The summed E-state index contributed by atoms with van der Waals surface area (Å²) in [5.41, 5.74) is 2.08. The Labute approximate surface area is 139 Å². The first-order valence-electron chi connectivity index (χ1n) is 7.37. The van der Waals surface area contributed by atoms with Gasteiger partial charge >= 0.3 is 0 Å². The van der Waals surface area contributed by atoms with Gasteiger partial charge in [-0.05, 0) is 35.2 Å². The van der Waals surface area contributed by atoms with Gasteiger partial charge in [-0.2, -0.15) is 0 Å². The van der Waals surface area contributed by atoms with E-state index in [4.69, 9.17) is 4.42 Å². The molecular formula is C18H18N2O2S. The lowest BCUT2D eigenvalue weighted by atomic mass is 10.1. The number of carbonyl (C=O) groups excluding carboxylic acids is 1. The van der Waals surface area contributed by atoms with Crippen LogP contribution in [0.4, 0.5) is 5.69 Å². The van der Waals surface area contributed by atoms with Crippen molar-refractivity contribution in [3.8, 4) is 0 Å². The Balaban J connectivity index is 1.68. The number of nitrogens with one attached hydrogen (secondary N) is 1. The number of thiophene rings is 1. The quantitative estimate of drug-likeness (QED) is 0.737. The molecule has 118 valence electrons. The number of para-hydroxylation sites is 1. The Kier molecular flexibility index (Phi) is 4.78. The lowest BCUT2D eigenvalue weighted by Gasteiger charge is -2.19. The third-order valence-electron chi connectivity index (χ3n) is 3.54. The fraction of sp³-hybridized carbons (Fsp3) is 0.167. The van der Waals surface area contributed by atoms with Crippen LogP contribution in [0.2, 0.25) is 0 Å². The van der Waals surface area contributed by atoms with Gasteiger partial charge in [0, 0.05) is 19.3 Å². The SMILES string of the molecule is CN(Cc1ccccc1NCc1ccco1)C(=O)c1cccs1. The second-order valence-electron chi connectivity index (χ2n) is 5.23. The lowest BCUT2D eigenvalue weighted by molar-refractivity contribution is 0.0790. The summed E-state index contributed by atoms with van der Waals surface area (Å²) in [7, 11) is 1.82. The number of hydrogen-bond acceptors (Lipinski definition) is 4. The number of benzene rings is 1. The summed E-state index contributed by atoms with van der Waals surface area (Å²) in [5, 5.41) is 5.28. The molecule has 23 heavy (non-hydrogen) atoms. The van der Waals surface area contributed by atoms with Gasteiger partial charge in [-0.3, -0.25) is 4.79 Å². The molecule has 0 saturated carbocycles. The van der Waals surface area contributed by atoms with Crippen molar-refractivity contribution in [1.29, 1.82) is 0 Å². The fourth-order valence-corrected chi connectivity index (χ4v) is 3.06. The number of nitrogens with zero attached hydrogens (tertiary/aromatic N) is 1. The minimum Gasteiger partial charge on any atom is -0.467 e. The average Bonchev–Trinajstić information content (AvgIpc) is 3.27. The van der Waals surface area contributed by atoms with Crippen molar-refractivity contribution >= 4 is 22.9 Å². The van der Waals surface area contributed by atoms with Crippen LogP contribution < -0.4 is 5.32 Å². The van der Waals surface area contributed by atoms with E-state index in [0.29, 0.717) is 13.1 Å². The average molecular weight is 326 g/mol. The standard InChI is InChI=1S/C18H18N2O2S/c1-20(18(21)17-9-5-11-23-17)13-14-6-2-3-8-16(14)19-12-15-7-4-10-22-15/h2-11,19H,12-13H2,1H3. The highest BCUT2D eigenvalue weighted by Gasteiger charge is 2.14. The molecule has 0 aliphatic rings. The van der Waals surface area contributed by atoms with E-state index in [1.807, 2.05) is 61.0 Å². The minimum atomic E-state index is 0.0424. The maximum atomic E-state index is 12.4. The summed E-state index contributed by atoms with van der Waals surface area (Å²) in [6.45, 7) is 1.17. The molecule has 0 atom stereocenters. The zero-order valence-electron chi connectivity index (χ0n) is 12.9. The molecule has 0 radical (unpaired) electrons. The zero-order valence-corrected chi connectivity index (χ0v) is 13.7. The first-order chi connectivity index (χ1) is 11.2. The van der Waals surface area contributed by atoms with Gasteiger partial charge in [0.25, 0.3) is 5.91 Å². The molecule has 0 saturated heterocycles. The van der Waals surface area contributed by atoms with Gasteiger partial charge in [0.2, 0.25) is 0 Å². The summed E-state index contributed by atoms with van der Waals surface area (Å²) in [5.74, 6) is 0.920. The van der Waals surface area contributed by atoms with Gasteiger partial charge in [0.1, 0.15) is 5.76 Å². The third kappa shape index (κ3) is 3.81. The summed E-state index contributed by atoms with van der Waals surface area (Å²) in [4.78, 5) is 14.9. The van der Waals surface area contributed by atoms with Crippen molar-refractivity contribution in [1.82, 2.24) is 4.90 Å². The molecule has 0 bridgehead atoms. The predicted octanol–water partition coefficient (Wildman–Crippen LogP) is 4.23. The van der Waals surface area contributed by atoms with Crippen LogP contribution >= 0.6 is 11.3 Å². The van der Waals surface area contributed by atoms with Crippen molar-refractivity contribution in [2.45, 2.75) is 13.1 Å². The number of furan rings is 1. The Bertz CT molecular complexity index is 751. The Morgan fingerprint density at radius 3 is 2.78 bits per heavy atom. The highest BCUT2D eigenvalue weighted by Crippen LogP contribution is 2.20. The van der Waals surface area contributed by atoms with E-state index >= 15 is 0 Å². The zero-order chi connectivity index (χ0) is 16.1. The van der Waals surface area contributed by atoms with E-state index in [1.54, 1.807) is 11.2 Å². The van der Waals surface area contributed by atoms with Crippen LogP contribution in [0.25, 0.3) is 0 Å². The van der Waals surface area contributed by atoms with Crippen LogP contribution in [0.5, 0.6) is 0 Å². The second kappa shape index (κ2) is 7.15. The van der Waals surface area contributed by atoms with Gasteiger partial charge in [0.15, 0.2) is 0 Å². The number of rotatable bonds is 6. The summed E-state index contributed by atoms with van der Waals surface area (Å²) in [6, 6.07) is 15.6. The van der Waals surface area contributed by atoms with Crippen LogP contribution in [0, 0.1) is 0 Å². The molecule has 0 unspecified atom stereocenters. The first kappa shape index (κ1) is 15.4. The number of amides is 1. The Morgan fingerprint density at radius 1 is 1.17 bits per heavy atom. The van der Waals surface area contributed by atoms with Gasteiger partial charge in [-0.1, -0.05) is 24.3 Å². The molecule has 2 heterocycles. The first-order valence-corrected chi connectivity index (χ1v) is 8.25. The monoisotopic (exact) mass is 326 g/mol. The van der Waals surface area contributed by atoms with E-state index in [9.17, 15) is 4.79 Å². The van der Waals surface area contributed by atoms with Crippen LogP contribution in [-0.4, -0.2) is 17.9 Å². The van der Waals surface area contributed by atoms with Crippen molar-refractivity contribution in [3.05, 3.63) is 76.4 Å². The van der Waals surface area contributed by atoms with E-state index in [1.165, 1.54) is 11.3 Å². The van der Waals surface area contributed by atoms with Gasteiger partial charge in [0.05, 0.1) is 17.7 Å². The summed E-state index contributed by atoms with van der Waals surface area (Å²) < 4.78 is 5.34. The van der Waals surface area contributed by atoms with Gasteiger partial charge < -0.3 is 14.6 Å². The normalized spacial score (nSPS) is 10.5. The predicted molar refractivity (Wildman–Crippen MR) is 92.6 cm³/mol. The largest absolute Gasteiger partial charge is 0.467 e. The lowest BCUT2D eigenvalue weighted by Crippen LogP contribution is -2.25. The van der Waals surface area contributed by atoms with Gasteiger partial charge in [-0.15, -0.1) is 11.3 Å². The minimum absolute atomic E-state index is 0.0424. The van der Waals surface area contributed by atoms with Gasteiger partial charge in [-0.25, -0.2) is 0 Å². The summed E-state index contributed by atoms with van der Waals surface area (Å²) >= 11 is 1.46. The highest BCUT2D eigenvalue weighted by molar-refractivity contribution is 7.12. The van der Waals surface area contributed by atoms with E-state index in [2.05, 4.69) is 5.32 Å². The molecule has 1 aromatic carbocycles. The Morgan fingerprint density at radius 2 is 2.04 bits per heavy atom. The van der Waals surface area contributed by atoms with Crippen molar-refractivity contribution < 1.29 is 9.21 Å².